The van der Waals surface area contributed by atoms with Crippen molar-refractivity contribution in [1.29, 1.82) is 0 Å². The molecule has 1 aliphatic carbocycles. The number of hydrogen-bond donors (Lipinski definition) is 0. The molecule has 0 saturated carbocycles. The van der Waals surface area contributed by atoms with Crippen LogP contribution in [0.1, 0.15) is 24.1 Å². The minimum absolute atomic E-state index is 0.748. The van der Waals surface area contributed by atoms with E-state index in [4.69, 9.17) is 11.6 Å². The Hall–Kier alpha value is -1.54. The minimum Gasteiger partial charge on any atom is -0.347 e. The Kier molecular flexibility index (Phi) is 2.36. The van der Waals surface area contributed by atoms with E-state index in [9.17, 15) is 0 Å². The summed E-state index contributed by atoms with van der Waals surface area (Å²) in [5, 5.41) is 3.28. The average Bonchev–Trinajstić information content (AvgIpc) is 2.73. The fourth-order valence-corrected chi connectivity index (χ4v) is 3.59. The van der Waals surface area contributed by atoms with Gasteiger partial charge in [-0.25, -0.2) is 0 Å². The van der Waals surface area contributed by atoms with Gasteiger partial charge in [-0.1, -0.05) is 11.6 Å². The number of fused-ring (bicyclic) bond motifs is 5. The Morgan fingerprint density at radius 3 is 2.89 bits per heavy atom. The van der Waals surface area contributed by atoms with Crippen LogP contribution in [0.25, 0.3) is 21.8 Å². The lowest BCUT2D eigenvalue weighted by Crippen LogP contribution is -2.04. The Morgan fingerprint density at radius 2 is 2.00 bits per heavy atom. The Bertz CT molecular complexity index is 801. The van der Waals surface area contributed by atoms with E-state index >= 15 is 0 Å². The van der Waals surface area contributed by atoms with Crippen LogP contribution in [0, 0.1) is 0 Å². The van der Waals surface area contributed by atoms with Crippen LogP contribution in [-0.4, -0.2) is 9.55 Å². The number of aryl methyl sites for hydroxylation is 2. The maximum Gasteiger partial charge on any atom is 0.0738 e. The van der Waals surface area contributed by atoms with Crippen LogP contribution >= 0.6 is 11.6 Å². The standard InChI is InChI=1S/C16H15ClN2/c1-19-15-5-3-2-4-11(15)13-9-18-14-8-10(17)6-7-12(14)16(13)19/h6-9H,2-5H2,1H3. The van der Waals surface area contributed by atoms with Crippen LogP contribution in [0.5, 0.6) is 0 Å². The Morgan fingerprint density at radius 1 is 1.16 bits per heavy atom. The number of benzene rings is 1. The summed E-state index contributed by atoms with van der Waals surface area (Å²) in [5.41, 5.74) is 5.30. The monoisotopic (exact) mass is 270 g/mol. The molecule has 0 spiro atoms. The van der Waals surface area contributed by atoms with E-state index < -0.39 is 0 Å². The van der Waals surface area contributed by atoms with Crippen molar-refractivity contribution in [2.75, 3.05) is 0 Å². The molecule has 0 aliphatic heterocycles. The van der Waals surface area contributed by atoms with Crippen molar-refractivity contribution in [3.63, 3.8) is 0 Å². The predicted octanol–water partition coefficient (Wildman–Crippen LogP) is 4.26. The van der Waals surface area contributed by atoms with E-state index in [1.165, 1.54) is 53.2 Å². The van der Waals surface area contributed by atoms with Crippen molar-refractivity contribution in [1.82, 2.24) is 9.55 Å². The summed E-state index contributed by atoms with van der Waals surface area (Å²) in [4.78, 5) is 4.59. The highest BCUT2D eigenvalue weighted by Crippen LogP contribution is 2.35. The maximum atomic E-state index is 6.06. The largest absolute Gasteiger partial charge is 0.347 e. The molecule has 2 aromatic heterocycles. The Labute approximate surface area is 117 Å². The summed E-state index contributed by atoms with van der Waals surface area (Å²) < 4.78 is 2.36. The van der Waals surface area contributed by atoms with Crippen molar-refractivity contribution in [3.8, 4) is 0 Å². The quantitative estimate of drug-likeness (QED) is 0.597. The fraction of sp³-hybridized carbons (Fsp3) is 0.312. The number of halogens is 1. The highest BCUT2D eigenvalue weighted by Gasteiger charge is 2.19. The van der Waals surface area contributed by atoms with Gasteiger partial charge < -0.3 is 4.57 Å². The summed E-state index contributed by atoms with van der Waals surface area (Å²) in [6.45, 7) is 0. The van der Waals surface area contributed by atoms with Crippen LogP contribution in [0.4, 0.5) is 0 Å². The second-order valence-corrected chi connectivity index (χ2v) is 5.81. The summed E-state index contributed by atoms with van der Waals surface area (Å²) in [6, 6.07) is 6.00. The molecule has 0 fully saturated rings. The van der Waals surface area contributed by atoms with Crippen molar-refractivity contribution in [3.05, 3.63) is 40.7 Å². The van der Waals surface area contributed by atoms with Crippen LogP contribution in [0.3, 0.4) is 0 Å². The van der Waals surface area contributed by atoms with Gasteiger partial charge in [-0.15, -0.1) is 0 Å². The zero-order valence-corrected chi connectivity index (χ0v) is 11.7. The molecule has 3 aromatic rings. The molecule has 2 nitrogen and oxygen atoms in total. The van der Waals surface area contributed by atoms with Crippen molar-refractivity contribution < 1.29 is 0 Å². The zero-order chi connectivity index (χ0) is 13.0. The summed E-state index contributed by atoms with van der Waals surface area (Å²) in [5.74, 6) is 0. The first kappa shape index (κ1) is 11.3. The van der Waals surface area contributed by atoms with Gasteiger partial charge in [0.1, 0.15) is 0 Å². The van der Waals surface area contributed by atoms with E-state index in [2.05, 4.69) is 22.7 Å². The molecule has 0 atom stereocenters. The predicted molar refractivity (Wildman–Crippen MR) is 79.9 cm³/mol. The van der Waals surface area contributed by atoms with Crippen molar-refractivity contribution in [2.24, 2.45) is 7.05 Å². The second kappa shape index (κ2) is 3.97. The fourth-order valence-electron chi connectivity index (χ4n) is 3.42. The van der Waals surface area contributed by atoms with Crippen LogP contribution in [-0.2, 0) is 19.9 Å². The summed E-state index contributed by atoms with van der Waals surface area (Å²) >= 11 is 6.06. The maximum absolute atomic E-state index is 6.06. The third kappa shape index (κ3) is 1.53. The van der Waals surface area contributed by atoms with Gasteiger partial charge in [-0.2, -0.15) is 0 Å². The molecule has 0 radical (unpaired) electrons. The number of hydrogen-bond acceptors (Lipinski definition) is 1. The molecular formula is C16H15ClN2. The first-order valence-electron chi connectivity index (χ1n) is 6.80. The normalized spacial score (nSPS) is 15.1. The van der Waals surface area contributed by atoms with Crippen LogP contribution in [0.2, 0.25) is 5.02 Å². The molecule has 19 heavy (non-hydrogen) atoms. The van der Waals surface area contributed by atoms with E-state index in [1.54, 1.807) is 0 Å². The molecule has 3 heteroatoms. The van der Waals surface area contributed by atoms with Gasteiger partial charge in [0.25, 0.3) is 0 Å². The smallest absolute Gasteiger partial charge is 0.0738 e. The molecule has 2 heterocycles. The Balaban J connectivity index is 2.19. The molecule has 0 amide bonds. The van der Waals surface area contributed by atoms with Gasteiger partial charge in [0.15, 0.2) is 0 Å². The van der Waals surface area contributed by atoms with Gasteiger partial charge in [0.05, 0.1) is 11.0 Å². The topological polar surface area (TPSA) is 17.8 Å². The lowest BCUT2D eigenvalue weighted by Gasteiger charge is -2.12. The highest BCUT2D eigenvalue weighted by molar-refractivity contribution is 6.31. The van der Waals surface area contributed by atoms with Crippen LogP contribution in [0.15, 0.2) is 24.4 Å². The minimum atomic E-state index is 0.748. The van der Waals surface area contributed by atoms with E-state index in [1.807, 2.05) is 18.3 Å². The average molecular weight is 271 g/mol. The molecule has 1 aromatic carbocycles. The van der Waals surface area contributed by atoms with Gasteiger partial charge in [-0.3, -0.25) is 4.98 Å². The van der Waals surface area contributed by atoms with Crippen molar-refractivity contribution in [2.45, 2.75) is 25.7 Å². The summed E-state index contributed by atoms with van der Waals surface area (Å²) in [7, 11) is 2.18. The second-order valence-electron chi connectivity index (χ2n) is 5.37. The third-order valence-corrected chi connectivity index (χ3v) is 4.54. The molecule has 0 N–H and O–H groups in total. The number of rotatable bonds is 0. The molecule has 96 valence electrons. The number of nitrogens with zero attached hydrogens (tertiary/aromatic N) is 2. The SMILES string of the molecule is Cn1c2c(c3cnc4cc(Cl)ccc4c31)CCCC2. The lowest BCUT2D eigenvalue weighted by atomic mass is 9.96. The van der Waals surface area contributed by atoms with E-state index in [0.29, 0.717) is 0 Å². The van der Waals surface area contributed by atoms with Gasteiger partial charge in [0, 0.05) is 34.7 Å². The number of pyridine rings is 1. The number of aromatic nitrogens is 2. The zero-order valence-electron chi connectivity index (χ0n) is 10.9. The first-order valence-corrected chi connectivity index (χ1v) is 7.18. The van der Waals surface area contributed by atoms with Crippen molar-refractivity contribution >= 4 is 33.4 Å². The van der Waals surface area contributed by atoms with E-state index in [0.717, 1.165) is 10.5 Å². The molecule has 0 unspecified atom stereocenters. The van der Waals surface area contributed by atoms with E-state index in [-0.39, 0.29) is 0 Å². The third-order valence-electron chi connectivity index (χ3n) is 4.31. The molecule has 0 saturated heterocycles. The molecule has 4 rings (SSSR count). The molecule has 1 aliphatic rings. The lowest BCUT2D eigenvalue weighted by molar-refractivity contribution is 0.653. The van der Waals surface area contributed by atoms with Gasteiger partial charge in [0.2, 0.25) is 0 Å². The molecule has 0 bridgehead atoms. The molecular weight excluding hydrogens is 256 g/mol. The summed E-state index contributed by atoms with van der Waals surface area (Å²) in [6.07, 6.45) is 7.00. The highest BCUT2D eigenvalue weighted by atomic mass is 35.5. The first-order chi connectivity index (χ1) is 9.25. The van der Waals surface area contributed by atoms with Gasteiger partial charge >= 0.3 is 0 Å². The van der Waals surface area contributed by atoms with Crippen LogP contribution < -0.4 is 0 Å². The van der Waals surface area contributed by atoms with Gasteiger partial charge in [-0.05, 0) is 49.4 Å².